The van der Waals surface area contributed by atoms with Crippen molar-refractivity contribution in [3.63, 3.8) is 0 Å². The Morgan fingerprint density at radius 2 is 2.12 bits per heavy atom. The summed E-state index contributed by atoms with van der Waals surface area (Å²) in [5.41, 5.74) is 0.773. The summed E-state index contributed by atoms with van der Waals surface area (Å²) in [4.78, 5) is 18.0. The van der Waals surface area contributed by atoms with E-state index in [1.54, 1.807) is 12.4 Å². The summed E-state index contributed by atoms with van der Waals surface area (Å²) in [7, 11) is 0. The second-order valence-electron chi connectivity index (χ2n) is 5.03. The lowest BCUT2D eigenvalue weighted by atomic mass is 10.0. The second kappa shape index (κ2) is 4.35. The zero-order chi connectivity index (χ0) is 11.7. The van der Waals surface area contributed by atoms with Gasteiger partial charge >= 0.3 is 6.03 Å². The standard InChI is InChI=1S/C13H17N3O/c17-13(15-12-5-2-6-14-7-12)16-8-10-3-1-4-11(10)9-16/h2,5-7,10-11H,1,3-4,8-9H2,(H,15,17). The number of nitrogens with zero attached hydrogens (tertiary/aromatic N) is 2. The summed E-state index contributed by atoms with van der Waals surface area (Å²) in [5, 5.41) is 2.90. The van der Waals surface area contributed by atoms with Crippen LogP contribution in [0.15, 0.2) is 24.5 Å². The minimum atomic E-state index is 0.0207. The van der Waals surface area contributed by atoms with Gasteiger partial charge in [0.05, 0.1) is 11.9 Å². The number of hydrogen-bond acceptors (Lipinski definition) is 2. The van der Waals surface area contributed by atoms with Crippen molar-refractivity contribution in [1.82, 2.24) is 9.88 Å². The highest BCUT2D eigenvalue weighted by Crippen LogP contribution is 2.37. The zero-order valence-corrected chi connectivity index (χ0v) is 9.80. The molecule has 4 nitrogen and oxygen atoms in total. The third-order valence-electron chi connectivity index (χ3n) is 3.93. The first-order valence-electron chi connectivity index (χ1n) is 6.29. The molecule has 2 unspecified atom stereocenters. The fourth-order valence-corrected chi connectivity index (χ4v) is 3.04. The summed E-state index contributed by atoms with van der Waals surface area (Å²) < 4.78 is 0. The normalized spacial score (nSPS) is 26.9. The number of carbonyl (C=O) groups excluding carboxylic acids is 1. The number of likely N-dealkylation sites (tertiary alicyclic amines) is 1. The molecule has 1 aromatic heterocycles. The second-order valence-corrected chi connectivity index (χ2v) is 5.03. The van der Waals surface area contributed by atoms with Crippen LogP contribution >= 0.6 is 0 Å². The number of amides is 2. The van der Waals surface area contributed by atoms with Crippen molar-refractivity contribution >= 4 is 11.7 Å². The molecule has 2 heterocycles. The molecule has 2 aliphatic rings. The fourth-order valence-electron chi connectivity index (χ4n) is 3.04. The highest BCUT2D eigenvalue weighted by Gasteiger charge is 2.37. The fraction of sp³-hybridized carbons (Fsp3) is 0.538. The smallest absolute Gasteiger partial charge is 0.321 e. The molecule has 90 valence electrons. The van der Waals surface area contributed by atoms with Gasteiger partial charge in [-0.25, -0.2) is 4.79 Å². The number of aromatic nitrogens is 1. The molecule has 4 heteroatoms. The number of urea groups is 1. The van der Waals surface area contributed by atoms with Gasteiger partial charge < -0.3 is 10.2 Å². The number of rotatable bonds is 1. The van der Waals surface area contributed by atoms with Crippen LogP contribution in [-0.2, 0) is 0 Å². The van der Waals surface area contributed by atoms with Gasteiger partial charge in [-0.05, 0) is 36.8 Å². The first-order chi connectivity index (χ1) is 8.33. The van der Waals surface area contributed by atoms with Crippen LogP contribution in [0.25, 0.3) is 0 Å². The number of hydrogen-bond donors (Lipinski definition) is 1. The molecule has 3 rings (SSSR count). The maximum absolute atomic E-state index is 12.0. The number of anilines is 1. The van der Waals surface area contributed by atoms with Crippen molar-refractivity contribution in [3.05, 3.63) is 24.5 Å². The Morgan fingerprint density at radius 1 is 1.35 bits per heavy atom. The van der Waals surface area contributed by atoms with Crippen molar-refractivity contribution in [1.29, 1.82) is 0 Å². The Balaban J connectivity index is 1.61. The molecular formula is C13H17N3O. The molecule has 1 aliphatic carbocycles. The molecule has 0 bridgehead atoms. The molecule has 1 saturated heterocycles. The Hall–Kier alpha value is -1.58. The molecule has 1 N–H and O–H groups in total. The number of nitrogens with one attached hydrogen (secondary N) is 1. The molecule has 2 fully saturated rings. The van der Waals surface area contributed by atoms with E-state index in [4.69, 9.17) is 0 Å². The van der Waals surface area contributed by atoms with Gasteiger partial charge in [0.2, 0.25) is 0 Å². The maximum Gasteiger partial charge on any atom is 0.321 e. The van der Waals surface area contributed by atoms with E-state index >= 15 is 0 Å². The van der Waals surface area contributed by atoms with Gasteiger partial charge in [0, 0.05) is 19.3 Å². The van der Waals surface area contributed by atoms with Crippen molar-refractivity contribution in [2.45, 2.75) is 19.3 Å². The highest BCUT2D eigenvalue weighted by molar-refractivity contribution is 5.89. The molecular weight excluding hydrogens is 214 g/mol. The van der Waals surface area contributed by atoms with E-state index in [1.165, 1.54) is 19.3 Å². The molecule has 1 saturated carbocycles. The number of fused-ring (bicyclic) bond motifs is 1. The third kappa shape index (κ3) is 2.12. The van der Waals surface area contributed by atoms with E-state index in [0.717, 1.165) is 30.6 Å². The van der Waals surface area contributed by atoms with E-state index in [0.29, 0.717) is 0 Å². The lowest BCUT2D eigenvalue weighted by Crippen LogP contribution is -2.33. The van der Waals surface area contributed by atoms with Crippen molar-refractivity contribution < 1.29 is 4.79 Å². The van der Waals surface area contributed by atoms with Crippen LogP contribution in [0, 0.1) is 11.8 Å². The lowest BCUT2D eigenvalue weighted by molar-refractivity contribution is 0.219. The van der Waals surface area contributed by atoms with Gasteiger partial charge in [-0.15, -0.1) is 0 Å². The van der Waals surface area contributed by atoms with Gasteiger partial charge in [-0.1, -0.05) is 6.42 Å². The Bertz CT molecular complexity index is 394. The van der Waals surface area contributed by atoms with Crippen molar-refractivity contribution in [2.24, 2.45) is 11.8 Å². The Labute approximate surface area is 101 Å². The highest BCUT2D eigenvalue weighted by atomic mass is 16.2. The Morgan fingerprint density at radius 3 is 2.76 bits per heavy atom. The molecule has 0 spiro atoms. The summed E-state index contributed by atoms with van der Waals surface area (Å²) >= 11 is 0. The minimum Gasteiger partial charge on any atom is -0.324 e. The monoisotopic (exact) mass is 231 g/mol. The summed E-state index contributed by atoms with van der Waals surface area (Å²) in [5.74, 6) is 1.49. The predicted octanol–water partition coefficient (Wildman–Crippen LogP) is 2.35. The predicted molar refractivity (Wildman–Crippen MR) is 65.7 cm³/mol. The molecule has 2 atom stereocenters. The quantitative estimate of drug-likeness (QED) is 0.806. The third-order valence-corrected chi connectivity index (χ3v) is 3.93. The molecule has 0 radical (unpaired) electrons. The first kappa shape index (κ1) is 10.6. The van der Waals surface area contributed by atoms with Gasteiger partial charge in [0.1, 0.15) is 0 Å². The van der Waals surface area contributed by atoms with Crippen LogP contribution in [0.5, 0.6) is 0 Å². The van der Waals surface area contributed by atoms with Crippen LogP contribution in [0.4, 0.5) is 10.5 Å². The lowest BCUT2D eigenvalue weighted by Gasteiger charge is -2.17. The SMILES string of the molecule is O=C(Nc1cccnc1)N1CC2CCCC2C1. The van der Waals surface area contributed by atoms with E-state index < -0.39 is 0 Å². The molecule has 1 aromatic rings. The average Bonchev–Trinajstić information content (AvgIpc) is 2.90. The summed E-state index contributed by atoms with van der Waals surface area (Å²) in [6.07, 6.45) is 7.31. The van der Waals surface area contributed by atoms with Crippen molar-refractivity contribution in [2.75, 3.05) is 18.4 Å². The number of pyridine rings is 1. The largest absolute Gasteiger partial charge is 0.324 e. The maximum atomic E-state index is 12.0. The van der Waals surface area contributed by atoms with E-state index in [2.05, 4.69) is 10.3 Å². The number of carbonyl (C=O) groups is 1. The van der Waals surface area contributed by atoms with Gasteiger partial charge in [-0.3, -0.25) is 4.98 Å². The first-order valence-corrected chi connectivity index (χ1v) is 6.29. The van der Waals surface area contributed by atoms with E-state index in [-0.39, 0.29) is 6.03 Å². The molecule has 2 amide bonds. The van der Waals surface area contributed by atoms with E-state index in [1.807, 2.05) is 17.0 Å². The topological polar surface area (TPSA) is 45.2 Å². The van der Waals surface area contributed by atoms with Crippen LogP contribution < -0.4 is 5.32 Å². The van der Waals surface area contributed by atoms with Crippen LogP contribution in [0.2, 0.25) is 0 Å². The van der Waals surface area contributed by atoms with Crippen molar-refractivity contribution in [3.8, 4) is 0 Å². The molecule has 1 aliphatic heterocycles. The van der Waals surface area contributed by atoms with Crippen LogP contribution in [0.1, 0.15) is 19.3 Å². The van der Waals surface area contributed by atoms with Crippen LogP contribution in [-0.4, -0.2) is 29.0 Å². The van der Waals surface area contributed by atoms with Gasteiger partial charge in [0.25, 0.3) is 0 Å². The summed E-state index contributed by atoms with van der Waals surface area (Å²) in [6, 6.07) is 3.71. The van der Waals surface area contributed by atoms with Gasteiger partial charge in [0.15, 0.2) is 0 Å². The van der Waals surface area contributed by atoms with Gasteiger partial charge in [-0.2, -0.15) is 0 Å². The molecule has 17 heavy (non-hydrogen) atoms. The Kier molecular flexibility index (Phi) is 2.71. The average molecular weight is 231 g/mol. The van der Waals surface area contributed by atoms with E-state index in [9.17, 15) is 4.79 Å². The summed E-state index contributed by atoms with van der Waals surface area (Å²) in [6.45, 7) is 1.85. The minimum absolute atomic E-state index is 0.0207. The zero-order valence-electron chi connectivity index (χ0n) is 9.80. The van der Waals surface area contributed by atoms with Crippen LogP contribution in [0.3, 0.4) is 0 Å². The molecule has 0 aromatic carbocycles.